The topological polar surface area (TPSA) is 59.3 Å². The van der Waals surface area contributed by atoms with Crippen molar-refractivity contribution < 1.29 is 19.1 Å². The number of aromatic nitrogens is 1. The molecule has 1 unspecified atom stereocenters. The molecule has 0 saturated heterocycles. The minimum Gasteiger partial charge on any atom is -0.481 e. The smallest absolute Gasteiger partial charge is 0.304 e. The van der Waals surface area contributed by atoms with Gasteiger partial charge in [-0.3, -0.25) is 9.59 Å². The van der Waals surface area contributed by atoms with E-state index in [-0.39, 0.29) is 29.9 Å². The van der Waals surface area contributed by atoms with E-state index < -0.39 is 5.97 Å². The molecule has 1 atom stereocenters. The number of fused-ring (bicyclic) bond motifs is 4. The van der Waals surface area contributed by atoms with Gasteiger partial charge in [0.1, 0.15) is 5.82 Å². The molecule has 5 heteroatoms. The van der Waals surface area contributed by atoms with Crippen LogP contribution in [0.15, 0.2) is 54.6 Å². The average Bonchev–Trinajstić information content (AvgIpc) is 3.12. The van der Waals surface area contributed by atoms with Crippen LogP contribution in [0.4, 0.5) is 4.39 Å². The van der Waals surface area contributed by atoms with Gasteiger partial charge in [0, 0.05) is 29.1 Å². The van der Waals surface area contributed by atoms with Crippen LogP contribution in [0.1, 0.15) is 72.1 Å². The fraction of sp³-hybridized carbons (Fsp3) is 0.286. The number of rotatable bonds is 5. The Hall–Kier alpha value is -3.47. The number of carbonyl (C=O) groups excluding carboxylic acids is 1. The summed E-state index contributed by atoms with van der Waals surface area (Å²) >= 11 is 0. The zero-order valence-electron chi connectivity index (χ0n) is 18.8. The van der Waals surface area contributed by atoms with Gasteiger partial charge in [-0.15, -0.1) is 0 Å². The molecule has 0 amide bonds. The second-order valence-electron chi connectivity index (χ2n) is 9.28. The van der Waals surface area contributed by atoms with E-state index >= 15 is 0 Å². The summed E-state index contributed by atoms with van der Waals surface area (Å²) in [6.45, 7) is 4.63. The maximum absolute atomic E-state index is 14.7. The van der Waals surface area contributed by atoms with Gasteiger partial charge in [-0.25, -0.2) is 4.39 Å². The molecule has 2 heterocycles. The lowest BCUT2D eigenvalue weighted by Gasteiger charge is -2.25. The third-order valence-electron chi connectivity index (χ3n) is 6.80. The van der Waals surface area contributed by atoms with Gasteiger partial charge in [-0.05, 0) is 53.3 Å². The van der Waals surface area contributed by atoms with Crippen LogP contribution < -0.4 is 0 Å². The Morgan fingerprint density at radius 3 is 2.58 bits per heavy atom. The molecule has 1 N–H and O–H groups in total. The molecule has 4 nitrogen and oxygen atoms in total. The molecule has 5 rings (SSSR count). The summed E-state index contributed by atoms with van der Waals surface area (Å²) in [5, 5.41) is 12.3. The SMILES string of the molecule is CC(C)c1cc(F)cc2c1c(C(=O)c1ccc3ccccc3c1)c1n2CCCC1CC(=O)O. The van der Waals surface area contributed by atoms with Crippen LogP contribution in [-0.4, -0.2) is 21.4 Å². The Morgan fingerprint density at radius 1 is 1.09 bits per heavy atom. The second kappa shape index (κ2) is 8.14. The highest BCUT2D eigenvalue weighted by atomic mass is 19.1. The minimum atomic E-state index is -0.891. The Labute approximate surface area is 191 Å². The number of aliphatic carboxylic acids is 1. The van der Waals surface area contributed by atoms with E-state index in [1.165, 1.54) is 12.1 Å². The Kier molecular flexibility index (Phi) is 5.28. The number of carboxylic acids is 1. The fourth-order valence-electron chi connectivity index (χ4n) is 5.36. The lowest BCUT2D eigenvalue weighted by atomic mass is 9.86. The Balaban J connectivity index is 1.82. The summed E-state index contributed by atoms with van der Waals surface area (Å²) < 4.78 is 16.6. The first-order chi connectivity index (χ1) is 15.8. The molecule has 1 aliphatic rings. The highest BCUT2D eigenvalue weighted by molar-refractivity contribution is 6.19. The summed E-state index contributed by atoms with van der Waals surface area (Å²) in [7, 11) is 0. The predicted octanol–water partition coefficient (Wildman–Crippen LogP) is 6.64. The van der Waals surface area contributed by atoms with E-state index in [4.69, 9.17) is 0 Å². The van der Waals surface area contributed by atoms with Crippen LogP contribution in [0.2, 0.25) is 0 Å². The van der Waals surface area contributed by atoms with Crippen molar-refractivity contribution in [2.24, 2.45) is 0 Å². The first-order valence-electron chi connectivity index (χ1n) is 11.5. The van der Waals surface area contributed by atoms with E-state index in [0.29, 0.717) is 29.6 Å². The normalized spacial score (nSPS) is 15.8. The summed E-state index contributed by atoms with van der Waals surface area (Å²) in [6.07, 6.45) is 1.44. The van der Waals surface area contributed by atoms with Crippen molar-refractivity contribution in [1.82, 2.24) is 4.57 Å². The zero-order valence-corrected chi connectivity index (χ0v) is 18.8. The summed E-state index contributed by atoms with van der Waals surface area (Å²) in [5.41, 5.74) is 3.31. The second-order valence-corrected chi connectivity index (χ2v) is 9.28. The molecule has 4 aromatic rings. The highest BCUT2D eigenvalue weighted by Crippen LogP contribution is 2.43. The molecule has 33 heavy (non-hydrogen) atoms. The largest absolute Gasteiger partial charge is 0.481 e. The number of halogens is 1. The van der Waals surface area contributed by atoms with Gasteiger partial charge in [0.25, 0.3) is 0 Å². The number of aryl methyl sites for hydroxylation is 1. The quantitative estimate of drug-likeness (QED) is 0.352. The van der Waals surface area contributed by atoms with E-state index in [1.54, 1.807) is 0 Å². The van der Waals surface area contributed by atoms with Gasteiger partial charge >= 0.3 is 5.97 Å². The minimum absolute atomic E-state index is 0.00808. The van der Waals surface area contributed by atoms with E-state index in [0.717, 1.165) is 33.8 Å². The van der Waals surface area contributed by atoms with E-state index in [2.05, 4.69) is 0 Å². The van der Waals surface area contributed by atoms with Crippen LogP contribution in [0.3, 0.4) is 0 Å². The summed E-state index contributed by atoms with van der Waals surface area (Å²) in [4.78, 5) is 25.7. The molecule has 0 bridgehead atoms. The molecule has 0 aliphatic carbocycles. The lowest BCUT2D eigenvalue weighted by molar-refractivity contribution is -0.137. The predicted molar refractivity (Wildman–Crippen MR) is 128 cm³/mol. The molecular formula is C28H26FNO3. The van der Waals surface area contributed by atoms with E-state index in [9.17, 15) is 19.1 Å². The molecule has 3 aromatic carbocycles. The van der Waals surface area contributed by atoms with Crippen molar-refractivity contribution in [2.45, 2.75) is 51.5 Å². The van der Waals surface area contributed by atoms with E-state index in [1.807, 2.05) is 60.9 Å². The maximum atomic E-state index is 14.7. The number of benzene rings is 3. The fourth-order valence-corrected chi connectivity index (χ4v) is 5.36. The molecule has 168 valence electrons. The van der Waals surface area contributed by atoms with Crippen molar-refractivity contribution in [1.29, 1.82) is 0 Å². The molecule has 0 spiro atoms. The Morgan fingerprint density at radius 2 is 1.85 bits per heavy atom. The third-order valence-corrected chi connectivity index (χ3v) is 6.80. The van der Waals surface area contributed by atoms with Crippen molar-refractivity contribution in [3.8, 4) is 0 Å². The first kappa shape index (κ1) is 21.4. The van der Waals surface area contributed by atoms with Crippen LogP contribution in [-0.2, 0) is 11.3 Å². The average molecular weight is 444 g/mol. The summed E-state index contributed by atoms with van der Waals surface area (Å²) in [6, 6.07) is 16.5. The molecule has 1 aliphatic heterocycles. The number of carbonyl (C=O) groups is 2. The zero-order chi connectivity index (χ0) is 23.3. The number of hydrogen-bond donors (Lipinski definition) is 1. The lowest BCUT2D eigenvalue weighted by Crippen LogP contribution is -2.20. The van der Waals surface area contributed by atoms with Crippen molar-refractivity contribution in [2.75, 3.05) is 0 Å². The number of nitrogens with zero attached hydrogens (tertiary/aromatic N) is 1. The van der Waals surface area contributed by atoms with Gasteiger partial charge < -0.3 is 9.67 Å². The van der Waals surface area contributed by atoms with Crippen LogP contribution in [0, 0.1) is 5.82 Å². The molecule has 0 saturated carbocycles. The number of ketones is 1. The highest BCUT2D eigenvalue weighted by Gasteiger charge is 2.33. The van der Waals surface area contributed by atoms with Gasteiger partial charge in [0.2, 0.25) is 0 Å². The molecule has 1 aromatic heterocycles. The third kappa shape index (κ3) is 3.62. The van der Waals surface area contributed by atoms with Gasteiger partial charge in [-0.2, -0.15) is 0 Å². The van der Waals surface area contributed by atoms with Crippen molar-refractivity contribution in [3.63, 3.8) is 0 Å². The van der Waals surface area contributed by atoms with Crippen molar-refractivity contribution in [3.05, 3.63) is 82.8 Å². The standard InChI is InChI=1S/C28H26FNO3/c1-16(2)22-14-21(29)15-23-25(22)26(27-19(13-24(31)32)8-5-11-30(23)27)28(33)20-10-9-17-6-3-4-7-18(17)12-20/h3-4,6-7,9-10,12,14-16,19H,5,8,11,13H2,1-2H3,(H,31,32). The Bertz CT molecular complexity index is 1420. The van der Waals surface area contributed by atoms with Gasteiger partial charge in [0.05, 0.1) is 17.5 Å². The maximum Gasteiger partial charge on any atom is 0.304 e. The van der Waals surface area contributed by atoms with Gasteiger partial charge in [-0.1, -0.05) is 50.2 Å². The molecule has 0 radical (unpaired) electrons. The van der Waals surface area contributed by atoms with Crippen LogP contribution in [0.5, 0.6) is 0 Å². The number of hydrogen-bond acceptors (Lipinski definition) is 2. The van der Waals surface area contributed by atoms with Gasteiger partial charge in [0.15, 0.2) is 5.78 Å². The number of carboxylic acid groups (broad SMARTS) is 1. The first-order valence-corrected chi connectivity index (χ1v) is 11.5. The summed E-state index contributed by atoms with van der Waals surface area (Å²) in [5.74, 6) is -1.64. The monoisotopic (exact) mass is 443 g/mol. The van der Waals surface area contributed by atoms with Crippen LogP contribution >= 0.6 is 0 Å². The van der Waals surface area contributed by atoms with Crippen molar-refractivity contribution >= 4 is 33.4 Å². The molecule has 0 fully saturated rings. The van der Waals surface area contributed by atoms with Crippen LogP contribution in [0.25, 0.3) is 21.7 Å². The molecular weight excluding hydrogens is 417 g/mol.